The fourth-order valence-electron chi connectivity index (χ4n) is 4.32. The van der Waals surface area contributed by atoms with Gasteiger partial charge in [-0.3, -0.25) is 0 Å². The number of hydrogen-bond donors (Lipinski definition) is 2. The van der Waals surface area contributed by atoms with Gasteiger partial charge in [-0.05, 0) is 28.8 Å². The number of nitrogens with zero attached hydrogens (tertiary/aromatic N) is 1. The van der Waals surface area contributed by atoms with Crippen molar-refractivity contribution in [3.05, 3.63) is 144 Å². The highest BCUT2D eigenvalue weighted by molar-refractivity contribution is 5.67. The number of para-hydroxylation sites is 1. The largest absolute Gasteiger partial charge is 0.507 e. The van der Waals surface area contributed by atoms with Gasteiger partial charge in [-0.25, -0.2) is 4.98 Å². The maximum atomic E-state index is 10.4. The molecule has 0 aliphatic heterocycles. The van der Waals surface area contributed by atoms with Crippen molar-refractivity contribution in [3.8, 4) is 17.0 Å². The molecule has 5 aromatic rings. The van der Waals surface area contributed by atoms with Crippen molar-refractivity contribution < 1.29 is 5.11 Å². The molecular weight excluding hydrogens is 380 g/mol. The van der Waals surface area contributed by atoms with Crippen LogP contribution in [0.1, 0.15) is 22.5 Å². The molecule has 3 heteroatoms. The number of imidazole rings is 1. The summed E-state index contributed by atoms with van der Waals surface area (Å²) in [4.78, 5) is 8.47. The summed E-state index contributed by atoms with van der Waals surface area (Å²) in [6, 6.07) is 38.6. The molecule has 0 fully saturated rings. The number of H-pyrrole nitrogens is 1. The summed E-state index contributed by atoms with van der Waals surface area (Å²) in [6.45, 7) is 0. The Bertz CT molecular complexity index is 1180. The lowest BCUT2D eigenvalue weighted by Crippen LogP contribution is -2.32. The second-order valence-corrected chi connectivity index (χ2v) is 7.50. The van der Waals surface area contributed by atoms with E-state index in [4.69, 9.17) is 4.98 Å². The lowest BCUT2D eigenvalue weighted by atomic mass is 9.69. The van der Waals surface area contributed by atoms with E-state index >= 15 is 0 Å². The fraction of sp³-hybridized carbons (Fsp3) is 0.0357. The smallest absolute Gasteiger partial charge is 0.126 e. The molecule has 0 aliphatic carbocycles. The first-order valence-corrected chi connectivity index (χ1v) is 10.3. The number of hydrogen-bond acceptors (Lipinski definition) is 2. The van der Waals surface area contributed by atoms with Crippen LogP contribution in [0.2, 0.25) is 0 Å². The molecule has 4 aromatic carbocycles. The highest BCUT2D eigenvalue weighted by Gasteiger charge is 2.41. The summed E-state index contributed by atoms with van der Waals surface area (Å²) >= 11 is 0. The summed E-state index contributed by atoms with van der Waals surface area (Å²) in [5.41, 5.74) is 4.13. The quantitative estimate of drug-likeness (QED) is 0.346. The van der Waals surface area contributed by atoms with Crippen molar-refractivity contribution in [3.63, 3.8) is 0 Å². The number of aromatic hydroxyl groups is 1. The minimum absolute atomic E-state index is 0.213. The van der Waals surface area contributed by atoms with Crippen LogP contribution in [-0.4, -0.2) is 15.1 Å². The van der Waals surface area contributed by atoms with Crippen LogP contribution in [0.15, 0.2) is 121 Å². The number of aromatic nitrogens is 2. The van der Waals surface area contributed by atoms with E-state index in [-0.39, 0.29) is 5.75 Å². The first kappa shape index (κ1) is 18.9. The van der Waals surface area contributed by atoms with E-state index in [9.17, 15) is 5.11 Å². The van der Waals surface area contributed by atoms with Crippen LogP contribution in [0.4, 0.5) is 0 Å². The highest BCUT2D eigenvalue weighted by Crippen LogP contribution is 2.44. The molecule has 0 amide bonds. The van der Waals surface area contributed by atoms with Gasteiger partial charge in [0, 0.05) is 11.8 Å². The van der Waals surface area contributed by atoms with E-state index in [0.717, 1.165) is 22.5 Å². The first-order valence-electron chi connectivity index (χ1n) is 10.3. The van der Waals surface area contributed by atoms with Crippen LogP contribution in [0, 0.1) is 0 Å². The van der Waals surface area contributed by atoms with Gasteiger partial charge in [-0.2, -0.15) is 0 Å². The van der Waals surface area contributed by atoms with Crippen molar-refractivity contribution in [1.29, 1.82) is 0 Å². The van der Waals surface area contributed by atoms with E-state index in [1.807, 2.05) is 42.6 Å². The number of aromatic amines is 1. The van der Waals surface area contributed by atoms with Crippen LogP contribution < -0.4 is 0 Å². The summed E-state index contributed by atoms with van der Waals surface area (Å²) in [5.74, 6) is 1.01. The number of phenols is 1. The van der Waals surface area contributed by atoms with E-state index < -0.39 is 5.41 Å². The van der Waals surface area contributed by atoms with Crippen molar-refractivity contribution >= 4 is 0 Å². The van der Waals surface area contributed by atoms with Crippen LogP contribution in [0.3, 0.4) is 0 Å². The van der Waals surface area contributed by atoms with Gasteiger partial charge in [0.2, 0.25) is 0 Å². The second-order valence-electron chi connectivity index (χ2n) is 7.50. The normalized spacial score (nSPS) is 11.4. The zero-order valence-electron chi connectivity index (χ0n) is 16.9. The molecule has 0 atom stereocenters. The molecule has 0 saturated heterocycles. The van der Waals surface area contributed by atoms with Gasteiger partial charge < -0.3 is 10.1 Å². The Labute approximate surface area is 181 Å². The van der Waals surface area contributed by atoms with Gasteiger partial charge in [-0.1, -0.05) is 103 Å². The van der Waals surface area contributed by atoms with E-state index in [1.54, 1.807) is 6.07 Å². The van der Waals surface area contributed by atoms with Crippen molar-refractivity contribution in [1.82, 2.24) is 9.97 Å². The molecule has 0 spiro atoms. The molecule has 0 unspecified atom stereocenters. The van der Waals surface area contributed by atoms with Gasteiger partial charge in [0.1, 0.15) is 17.0 Å². The molecule has 1 aromatic heterocycles. The molecule has 2 N–H and O–H groups in total. The van der Waals surface area contributed by atoms with Gasteiger partial charge in [-0.15, -0.1) is 0 Å². The van der Waals surface area contributed by atoms with E-state index in [2.05, 4.69) is 77.8 Å². The van der Waals surface area contributed by atoms with Crippen LogP contribution in [0.5, 0.6) is 5.75 Å². The number of phenolic OH excluding ortho intramolecular Hbond substituents is 1. The lowest BCUT2D eigenvalue weighted by molar-refractivity contribution is 0.477. The van der Waals surface area contributed by atoms with Gasteiger partial charge in [0.05, 0.1) is 5.69 Å². The lowest BCUT2D eigenvalue weighted by Gasteiger charge is -2.34. The number of rotatable bonds is 5. The van der Waals surface area contributed by atoms with Crippen LogP contribution in [-0.2, 0) is 5.41 Å². The molecular formula is C28H22N2O. The molecule has 0 aliphatic rings. The number of benzene rings is 4. The van der Waals surface area contributed by atoms with Crippen LogP contribution >= 0.6 is 0 Å². The summed E-state index contributed by atoms with van der Waals surface area (Å²) in [6.07, 6.45) is 1.87. The second kappa shape index (κ2) is 7.96. The SMILES string of the molecule is Oc1ccccc1-c1c[nH]c(C(c2ccccc2)(c2ccccc2)c2ccccc2)n1. The Balaban J connectivity index is 1.83. The predicted octanol–water partition coefficient (Wildman–Crippen LogP) is 6.17. The Hall–Kier alpha value is -4.11. The van der Waals surface area contributed by atoms with Gasteiger partial charge in [0.15, 0.2) is 0 Å². The highest BCUT2D eigenvalue weighted by atomic mass is 16.3. The monoisotopic (exact) mass is 402 g/mol. The van der Waals surface area contributed by atoms with Crippen molar-refractivity contribution in [2.45, 2.75) is 5.41 Å². The molecule has 31 heavy (non-hydrogen) atoms. The molecule has 0 bridgehead atoms. The third-order valence-corrected chi connectivity index (χ3v) is 5.73. The average Bonchev–Trinajstić information content (AvgIpc) is 3.32. The first-order chi connectivity index (χ1) is 15.3. The molecule has 1 heterocycles. The van der Waals surface area contributed by atoms with Crippen molar-refractivity contribution in [2.75, 3.05) is 0 Å². The molecule has 0 radical (unpaired) electrons. The number of nitrogens with one attached hydrogen (secondary N) is 1. The molecule has 5 rings (SSSR count). The van der Waals surface area contributed by atoms with Crippen LogP contribution in [0.25, 0.3) is 11.3 Å². The van der Waals surface area contributed by atoms with Gasteiger partial charge in [0.25, 0.3) is 0 Å². The van der Waals surface area contributed by atoms with E-state index in [1.165, 1.54) is 0 Å². The Morgan fingerprint density at radius 3 is 1.52 bits per heavy atom. The fourth-order valence-corrected chi connectivity index (χ4v) is 4.32. The maximum Gasteiger partial charge on any atom is 0.126 e. The minimum atomic E-state index is -0.633. The van der Waals surface area contributed by atoms with Gasteiger partial charge >= 0.3 is 0 Å². The van der Waals surface area contributed by atoms with E-state index in [0.29, 0.717) is 11.3 Å². The summed E-state index contributed by atoms with van der Waals surface area (Å²) in [5, 5.41) is 10.4. The maximum absolute atomic E-state index is 10.4. The summed E-state index contributed by atoms with van der Waals surface area (Å²) < 4.78 is 0. The molecule has 150 valence electrons. The minimum Gasteiger partial charge on any atom is -0.507 e. The van der Waals surface area contributed by atoms with Crippen molar-refractivity contribution in [2.24, 2.45) is 0 Å². The predicted molar refractivity (Wildman–Crippen MR) is 124 cm³/mol. The standard InChI is InChI=1S/C28H22N2O/c31-26-19-11-10-18-24(26)25-20-29-27(30-25)28(21-12-4-1-5-13-21,22-14-6-2-7-15-22)23-16-8-3-9-17-23/h1-20,31H,(H,29,30). The molecule has 3 nitrogen and oxygen atoms in total. The third-order valence-electron chi connectivity index (χ3n) is 5.73. The Kier molecular flexibility index (Phi) is 4.85. The topological polar surface area (TPSA) is 48.9 Å². The third kappa shape index (κ3) is 3.21. The average molecular weight is 402 g/mol. The Morgan fingerprint density at radius 1 is 0.581 bits per heavy atom. The zero-order valence-corrected chi connectivity index (χ0v) is 16.9. The summed E-state index contributed by atoms with van der Waals surface area (Å²) in [7, 11) is 0. The zero-order chi connectivity index (χ0) is 21.1. The Morgan fingerprint density at radius 2 is 1.03 bits per heavy atom. The molecule has 0 saturated carbocycles.